The molecule has 1 aromatic carbocycles. The largest absolute Gasteiger partial charge is 0.399 e. The summed E-state index contributed by atoms with van der Waals surface area (Å²) < 4.78 is 0. The van der Waals surface area contributed by atoms with Crippen LogP contribution in [-0.2, 0) is 0 Å². The van der Waals surface area contributed by atoms with E-state index in [4.69, 9.17) is 5.73 Å². The first-order valence-corrected chi connectivity index (χ1v) is 2.70. The van der Waals surface area contributed by atoms with Gasteiger partial charge in [-0.05, 0) is 6.07 Å². The van der Waals surface area contributed by atoms with Crippen LogP contribution in [0.3, 0.4) is 0 Å². The van der Waals surface area contributed by atoms with Gasteiger partial charge in [-0.3, -0.25) is 10.1 Å². The van der Waals surface area contributed by atoms with Crippen LogP contribution in [0.25, 0.3) is 0 Å². The summed E-state index contributed by atoms with van der Waals surface area (Å²) in [6.45, 7) is 0. The molecule has 0 atom stereocenters. The average molecular weight is 140 g/mol. The van der Waals surface area contributed by atoms with Crippen LogP contribution < -0.4 is 5.73 Å². The first kappa shape index (κ1) is 6.54. The lowest BCUT2D eigenvalue weighted by atomic mass is 10.3. The molecule has 0 amide bonds. The summed E-state index contributed by atoms with van der Waals surface area (Å²) in [6.07, 6.45) is 0. The van der Waals surface area contributed by atoms with Crippen molar-refractivity contribution in [2.45, 2.75) is 0 Å². The number of nitro benzene ring substituents is 1. The van der Waals surface area contributed by atoms with E-state index in [1.807, 2.05) is 0 Å². The number of anilines is 1. The van der Waals surface area contributed by atoms with Crippen molar-refractivity contribution in [1.29, 1.82) is 0 Å². The van der Waals surface area contributed by atoms with Crippen LogP contribution in [0.15, 0.2) is 24.3 Å². The van der Waals surface area contributed by atoms with Gasteiger partial charge in [-0.25, -0.2) is 0 Å². The Morgan fingerprint density at radius 3 is 2.70 bits per heavy atom. The van der Waals surface area contributed by atoms with Gasteiger partial charge in [-0.15, -0.1) is 0 Å². The highest BCUT2D eigenvalue weighted by Gasteiger charge is 2.02. The molecule has 0 heterocycles. The molecule has 0 bridgehead atoms. The molecule has 0 aromatic heterocycles. The standard InChI is InChI=1S/C6H6N2O2.H2/c7-5-2-1-3-6(4-5)8(9)10;/h1-4H,7H2;1H. The maximum absolute atomic E-state index is 10.1. The van der Waals surface area contributed by atoms with E-state index in [2.05, 4.69) is 0 Å². The minimum absolute atomic E-state index is 0. The van der Waals surface area contributed by atoms with Gasteiger partial charge < -0.3 is 5.73 Å². The van der Waals surface area contributed by atoms with Crippen LogP contribution in [0, 0.1) is 10.1 Å². The van der Waals surface area contributed by atoms with Crippen molar-refractivity contribution in [3.05, 3.63) is 34.4 Å². The van der Waals surface area contributed by atoms with Gasteiger partial charge in [0.05, 0.1) is 4.92 Å². The summed E-state index contributed by atoms with van der Waals surface area (Å²) in [5, 5.41) is 10.1. The Labute approximate surface area is 58.9 Å². The van der Waals surface area contributed by atoms with Crippen LogP contribution in [-0.4, -0.2) is 4.92 Å². The monoisotopic (exact) mass is 140 g/mol. The molecule has 0 unspecified atom stereocenters. The van der Waals surface area contributed by atoms with Gasteiger partial charge in [0.2, 0.25) is 0 Å². The van der Waals surface area contributed by atoms with Crippen LogP contribution in [0.2, 0.25) is 0 Å². The van der Waals surface area contributed by atoms with E-state index in [-0.39, 0.29) is 7.11 Å². The van der Waals surface area contributed by atoms with E-state index in [1.54, 1.807) is 12.1 Å². The smallest absolute Gasteiger partial charge is 0.271 e. The second-order valence-corrected chi connectivity index (χ2v) is 1.85. The number of hydrogen-bond acceptors (Lipinski definition) is 3. The van der Waals surface area contributed by atoms with Gasteiger partial charge in [0.15, 0.2) is 0 Å². The Bertz CT molecular complexity index is 265. The predicted octanol–water partition coefficient (Wildman–Crippen LogP) is 1.42. The molecule has 0 spiro atoms. The fraction of sp³-hybridized carbons (Fsp3) is 0. The molecule has 0 radical (unpaired) electrons. The second-order valence-electron chi connectivity index (χ2n) is 1.85. The highest BCUT2D eigenvalue weighted by Crippen LogP contribution is 2.13. The zero-order chi connectivity index (χ0) is 7.56. The van der Waals surface area contributed by atoms with Gasteiger partial charge in [-0.2, -0.15) is 0 Å². The number of benzene rings is 1. The molecule has 0 aliphatic rings. The first-order valence-electron chi connectivity index (χ1n) is 2.70. The van der Waals surface area contributed by atoms with Crippen LogP contribution in [0.1, 0.15) is 1.43 Å². The summed E-state index contributed by atoms with van der Waals surface area (Å²) in [6, 6.07) is 5.87. The zero-order valence-corrected chi connectivity index (χ0v) is 5.15. The number of non-ortho nitro benzene ring substituents is 1. The molecule has 54 valence electrons. The summed E-state index contributed by atoms with van der Waals surface area (Å²) in [5.74, 6) is 0. The van der Waals surface area contributed by atoms with Crippen molar-refractivity contribution in [1.82, 2.24) is 0 Å². The Kier molecular flexibility index (Phi) is 1.53. The summed E-state index contributed by atoms with van der Waals surface area (Å²) >= 11 is 0. The number of hydrogen-bond donors (Lipinski definition) is 1. The van der Waals surface area contributed by atoms with Crippen molar-refractivity contribution in [2.75, 3.05) is 5.73 Å². The molecule has 2 N–H and O–H groups in total. The van der Waals surface area contributed by atoms with E-state index < -0.39 is 4.92 Å². The lowest BCUT2D eigenvalue weighted by Gasteiger charge is -1.90. The summed E-state index contributed by atoms with van der Waals surface area (Å²) in [4.78, 5) is 9.63. The van der Waals surface area contributed by atoms with Crippen molar-refractivity contribution in [2.24, 2.45) is 0 Å². The molecular weight excluding hydrogens is 132 g/mol. The average Bonchev–Trinajstić information content (AvgIpc) is 1.88. The minimum Gasteiger partial charge on any atom is -0.399 e. The Morgan fingerprint density at radius 1 is 1.60 bits per heavy atom. The lowest BCUT2D eigenvalue weighted by Crippen LogP contribution is -1.89. The highest BCUT2D eigenvalue weighted by molar-refractivity contribution is 5.46. The van der Waals surface area contributed by atoms with Crippen molar-refractivity contribution >= 4 is 11.4 Å². The molecule has 4 nitrogen and oxygen atoms in total. The van der Waals surface area contributed by atoms with Crippen LogP contribution >= 0.6 is 0 Å². The van der Waals surface area contributed by atoms with E-state index >= 15 is 0 Å². The molecule has 1 aromatic rings. The zero-order valence-electron chi connectivity index (χ0n) is 5.15. The van der Waals surface area contributed by atoms with E-state index in [1.165, 1.54) is 12.1 Å². The first-order chi connectivity index (χ1) is 4.70. The molecule has 4 heteroatoms. The third-order valence-corrected chi connectivity index (χ3v) is 1.08. The maximum Gasteiger partial charge on any atom is 0.271 e. The maximum atomic E-state index is 10.1. The molecule has 0 aliphatic heterocycles. The molecule has 1 rings (SSSR count). The Morgan fingerprint density at radius 2 is 2.30 bits per heavy atom. The normalized spacial score (nSPS) is 9.20. The topological polar surface area (TPSA) is 69.2 Å². The number of nitrogen functional groups attached to an aromatic ring is 1. The molecule has 0 fully saturated rings. The second kappa shape index (κ2) is 2.34. The molecular formula is C6H8N2O2. The van der Waals surface area contributed by atoms with Gasteiger partial charge in [0.1, 0.15) is 0 Å². The van der Waals surface area contributed by atoms with Crippen LogP contribution in [0.4, 0.5) is 11.4 Å². The minimum atomic E-state index is -0.476. The van der Waals surface area contributed by atoms with Gasteiger partial charge in [-0.1, -0.05) is 6.07 Å². The van der Waals surface area contributed by atoms with Gasteiger partial charge >= 0.3 is 0 Å². The quantitative estimate of drug-likeness (QED) is 0.364. The Hall–Kier alpha value is -1.58. The summed E-state index contributed by atoms with van der Waals surface area (Å²) in [5.41, 5.74) is 5.73. The van der Waals surface area contributed by atoms with Gasteiger partial charge in [0, 0.05) is 19.2 Å². The third kappa shape index (κ3) is 1.22. The fourth-order valence-corrected chi connectivity index (χ4v) is 0.638. The number of nitrogens with two attached hydrogens (primary N) is 1. The van der Waals surface area contributed by atoms with Crippen molar-refractivity contribution in [3.63, 3.8) is 0 Å². The Balaban J connectivity index is 0.000001000. The number of nitrogens with zero attached hydrogens (tertiary/aromatic N) is 1. The van der Waals surface area contributed by atoms with E-state index in [9.17, 15) is 10.1 Å². The summed E-state index contributed by atoms with van der Waals surface area (Å²) in [7, 11) is 0. The van der Waals surface area contributed by atoms with E-state index in [0.29, 0.717) is 5.69 Å². The molecule has 0 saturated carbocycles. The molecule has 0 aliphatic carbocycles. The van der Waals surface area contributed by atoms with Crippen molar-refractivity contribution in [3.8, 4) is 0 Å². The van der Waals surface area contributed by atoms with Crippen molar-refractivity contribution < 1.29 is 6.35 Å². The fourth-order valence-electron chi connectivity index (χ4n) is 0.638. The number of rotatable bonds is 1. The van der Waals surface area contributed by atoms with E-state index in [0.717, 1.165) is 0 Å². The molecule has 0 saturated heterocycles. The predicted molar refractivity (Wildman–Crippen MR) is 39.6 cm³/mol. The van der Waals surface area contributed by atoms with Gasteiger partial charge in [0.25, 0.3) is 5.69 Å². The van der Waals surface area contributed by atoms with Crippen LogP contribution in [0.5, 0.6) is 0 Å². The highest BCUT2D eigenvalue weighted by atomic mass is 16.6. The third-order valence-electron chi connectivity index (χ3n) is 1.08. The molecule has 10 heavy (non-hydrogen) atoms. The SMILES string of the molecule is Nc1cccc([N+](=O)[O-])c1.[HH]. The lowest BCUT2D eigenvalue weighted by molar-refractivity contribution is -0.384. The number of nitro groups is 1.